The predicted octanol–water partition coefficient (Wildman–Crippen LogP) is 3.44. The van der Waals surface area contributed by atoms with Crippen LogP contribution < -0.4 is 20.1 Å². The van der Waals surface area contributed by atoms with Crippen LogP contribution in [0.1, 0.15) is 44.9 Å². The smallest absolute Gasteiger partial charge is 0.231 e. The summed E-state index contributed by atoms with van der Waals surface area (Å²) in [5.41, 5.74) is 0.714. The SMILES string of the molecule is COc1cc2c(NC3CCOCC3)nc(NC(=O)C3CC3)nc2cc1OCCCN1CCCC1. The summed E-state index contributed by atoms with van der Waals surface area (Å²) in [6.45, 7) is 5.49. The molecule has 9 nitrogen and oxygen atoms in total. The van der Waals surface area contributed by atoms with Gasteiger partial charge in [0.15, 0.2) is 11.5 Å². The fraction of sp³-hybridized carbons (Fsp3) is 0.640. The standard InChI is InChI=1S/C25H35N5O4/c1-32-21-15-19-20(16-22(21)34-12-4-11-30-9-2-3-10-30)27-25(29-24(31)17-5-6-17)28-23(19)26-18-7-13-33-14-8-18/h15-18H,2-14H2,1H3,(H2,26,27,28,29,31). The van der Waals surface area contributed by atoms with Crippen LogP contribution in [0.15, 0.2) is 12.1 Å². The highest BCUT2D eigenvalue weighted by Gasteiger charge is 2.30. The topological polar surface area (TPSA) is 97.8 Å². The highest BCUT2D eigenvalue weighted by Crippen LogP contribution is 2.36. The van der Waals surface area contributed by atoms with Crippen LogP contribution in [0, 0.1) is 5.92 Å². The van der Waals surface area contributed by atoms with E-state index in [1.807, 2.05) is 12.1 Å². The van der Waals surface area contributed by atoms with Crippen molar-refractivity contribution in [3.8, 4) is 11.5 Å². The first-order valence-corrected chi connectivity index (χ1v) is 12.6. The second-order valence-electron chi connectivity index (χ2n) is 9.46. The number of anilines is 2. The van der Waals surface area contributed by atoms with Gasteiger partial charge in [-0.05, 0) is 64.1 Å². The molecule has 2 aliphatic heterocycles. The summed E-state index contributed by atoms with van der Waals surface area (Å²) in [5.74, 6) is 2.40. The van der Waals surface area contributed by atoms with Gasteiger partial charge in [0.05, 0.1) is 19.2 Å². The van der Waals surface area contributed by atoms with Gasteiger partial charge < -0.3 is 24.4 Å². The van der Waals surface area contributed by atoms with E-state index in [0.29, 0.717) is 35.4 Å². The van der Waals surface area contributed by atoms with Crippen molar-refractivity contribution in [1.82, 2.24) is 14.9 Å². The maximum absolute atomic E-state index is 12.4. The van der Waals surface area contributed by atoms with Crippen molar-refractivity contribution in [2.45, 2.75) is 51.0 Å². The quantitative estimate of drug-likeness (QED) is 0.511. The number of fused-ring (bicyclic) bond motifs is 1. The molecule has 9 heteroatoms. The molecule has 1 amide bonds. The number of ether oxygens (including phenoxy) is 3. The average Bonchev–Trinajstić information content (AvgIpc) is 3.58. The number of hydrogen-bond acceptors (Lipinski definition) is 8. The van der Waals surface area contributed by atoms with Crippen molar-refractivity contribution < 1.29 is 19.0 Å². The summed E-state index contributed by atoms with van der Waals surface area (Å²) >= 11 is 0. The van der Waals surface area contributed by atoms with Crippen molar-refractivity contribution in [3.05, 3.63) is 12.1 Å². The van der Waals surface area contributed by atoms with E-state index in [0.717, 1.165) is 57.2 Å². The minimum atomic E-state index is -0.0109. The van der Waals surface area contributed by atoms with Crippen molar-refractivity contribution in [3.63, 3.8) is 0 Å². The summed E-state index contributed by atoms with van der Waals surface area (Å²) < 4.78 is 17.3. The molecule has 0 spiro atoms. The van der Waals surface area contributed by atoms with Gasteiger partial charge in [-0.1, -0.05) is 0 Å². The number of rotatable bonds is 10. The molecule has 0 bridgehead atoms. The van der Waals surface area contributed by atoms with E-state index >= 15 is 0 Å². The monoisotopic (exact) mass is 469 g/mol. The van der Waals surface area contributed by atoms with E-state index in [1.54, 1.807) is 7.11 Å². The zero-order valence-electron chi connectivity index (χ0n) is 20.0. The molecular weight excluding hydrogens is 434 g/mol. The Balaban J connectivity index is 1.38. The second kappa shape index (κ2) is 10.7. The molecule has 3 heterocycles. The van der Waals surface area contributed by atoms with Gasteiger partial charge in [0.1, 0.15) is 5.82 Å². The Morgan fingerprint density at radius 2 is 1.91 bits per heavy atom. The van der Waals surface area contributed by atoms with Gasteiger partial charge in [0, 0.05) is 43.2 Å². The van der Waals surface area contributed by atoms with E-state index < -0.39 is 0 Å². The molecule has 2 N–H and O–H groups in total. The molecule has 184 valence electrons. The molecule has 34 heavy (non-hydrogen) atoms. The number of benzene rings is 1. The first-order chi connectivity index (χ1) is 16.7. The Bertz CT molecular complexity index is 1000. The number of methoxy groups -OCH3 is 1. The third-order valence-electron chi connectivity index (χ3n) is 6.80. The fourth-order valence-corrected chi connectivity index (χ4v) is 4.64. The van der Waals surface area contributed by atoms with Crippen LogP contribution in [0.4, 0.5) is 11.8 Å². The molecular formula is C25H35N5O4. The van der Waals surface area contributed by atoms with Crippen LogP contribution in [0.3, 0.4) is 0 Å². The van der Waals surface area contributed by atoms with Crippen LogP contribution in [0.25, 0.3) is 10.9 Å². The van der Waals surface area contributed by atoms with Crippen LogP contribution in [-0.4, -0.2) is 73.4 Å². The molecule has 2 saturated heterocycles. The first kappa shape index (κ1) is 23.1. The van der Waals surface area contributed by atoms with Gasteiger partial charge in [-0.3, -0.25) is 10.1 Å². The Kier molecular flexibility index (Phi) is 7.30. The molecule has 0 atom stereocenters. The van der Waals surface area contributed by atoms with Crippen LogP contribution in [0.5, 0.6) is 11.5 Å². The van der Waals surface area contributed by atoms with E-state index in [2.05, 4.69) is 25.5 Å². The van der Waals surface area contributed by atoms with E-state index in [1.165, 1.54) is 25.9 Å². The van der Waals surface area contributed by atoms with Crippen molar-refractivity contribution in [2.24, 2.45) is 5.92 Å². The highest BCUT2D eigenvalue weighted by molar-refractivity contribution is 5.96. The minimum Gasteiger partial charge on any atom is -0.493 e. The zero-order valence-corrected chi connectivity index (χ0v) is 20.0. The molecule has 1 aliphatic carbocycles. The van der Waals surface area contributed by atoms with E-state index in [4.69, 9.17) is 14.2 Å². The van der Waals surface area contributed by atoms with Gasteiger partial charge in [0.25, 0.3) is 0 Å². The molecule has 1 saturated carbocycles. The Hall–Kier alpha value is -2.65. The lowest BCUT2D eigenvalue weighted by Gasteiger charge is -2.24. The molecule has 1 aromatic carbocycles. The van der Waals surface area contributed by atoms with Crippen molar-refractivity contribution >= 4 is 28.6 Å². The first-order valence-electron chi connectivity index (χ1n) is 12.6. The Labute approximate surface area is 200 Å². The number of carbonyl (C=O) groups excluding carboxylic acids is 1. The second-order valence-corrected chi connectivity index (χ2v) is 9.46. The summed E-state index contributed by atoms with van der Waals surface area (Å²) in [6, 6.07) is 4.08. The van der Waals surface area contributed by atoms with Gasteiger partial charge in [-0.2, -0.15) is 4.98 Å². The highest BCUT2D eigenvalue weighted by atomic mass is 16.5. The van der Waals surface area contributed by atoms with Crippen LogP contribution in [0.2, 0.25) is 0 Å². The molecule has 1 aromatic heterocycles. The summed E-state index contributed by atoms with van der Waals surface area (Å²) in [7, 11) is 1.65. The third kappa shape index (κ3) is 5.70. The van der Waals surface area contributed by atoms with Gasteiger partial charge in [-0.25, -0.2) is 4.98 Å². The fourth-order valence-electron chi connectivity index (χ4n) is 4.64. The largest absolute Gasteiger partial charge is 0.493 e. The lowest BCUT2D eigenvalue weighted by atomic mass is 10.1. The minimum absolute atomic E-state index is 0.0109. The number of aromatic nitrogens is 2. The molecule has 0 radical (unpaired) electrons. The van der Waals surface area contributed by atoms with Crippen molar-refractivity contribution in [1.29, 1.82) is 0 Å². The predicted molar refractivity (Wildman–Crippen MR) is 131 cm³/mol. The molecule has 5 rings (SSSR count). The van der Waals surface area contributed by atoms with Gasteiger partial charge >= 0.3 is 0 Å². The van der Waals surface area contributed by atoms with Gasteiger partial charge in [-0.15, -0.1) is 0 Å². The lowest BCUT2D eigenvalue weighted by Crippen LogP contribution is -2.28. The Morgan fingerprint density at radius 1 is 1.12 bits per heavy atom. The molecule has 2 aromatic rings. The summed E-state index contributed by atoms with van der Waals surface area (Å²) in [5, 5.41) is 7.30. The van der Waals surface area contributed by atoms with E-state index in [9.17, 15) is 4.79 Å². The molecule has 3 fully saturated rings. The Morgan fingerprint density at radius 3 is 2.65 bits per heavy atom. The average molecular weight is 470 g/mol. The number of nitrogens with zero attached hydrogens (tertiary/aromatic N) is 3. The number of likely N-dealkylation sites (tertiary alicyclic amines) is 1. The summed E-state index contributed by atoms with van der Waals surface area (Å²) in [4.78, 5) is 24.2. The molecule has 0 unspecified atom stereocenters. The van der Waals surface area contributed by atoms with Crippen LogP contribution >= 0.6 is 0 Å². The normalized spacial score (nSPS) is 19.3. The van der Waals surface area contributed by atoms with Crippen LogP contribution in [-0.2, 0) is 9.53 Å². The van der Waals surface area contributed by atoms with Crippen molar-refractivity contribution in [2.75, 3.05) is 57.2 Å². The van der Waals surface area contributed by atoms with E-state index in [-0.39, 0.29) is 17.9 Å². The summed E-state index contributed by atoms with van der Waals surface area (Å²) in [6.07, 6.45) is 7.23. The number of amides is 1. The maximum atomic E-state index is 12.4. The third-order valence-corrected chi connectivity index (χ3v) is 6.80. The number of carbonyl (C=O) groups is 1. The zero-order chi connectivity index (χ0) is 23.3. The lowest BCUT2D eigenvalue weighted by molar-refractivity contribution is -0.117. The molecule has 3 aliphatic rings. The van der Waals surface area contributed by atoms with Gasteiger partial charge in [0.2, 0.25) is 11.9 Å². The number of nitrogens with one attached hydrogen (secondary N) is 2. The maximum Gasteiger partial charge on any atom is 0.231 e. The number of hydrogen-bond donors (Lipinski definition) is 2.